The van der Waals surface area contributed by atoms with Crippen molar-refractivity contribution in [3.05, 3.63) is 58.1 Å². The summed E-state index contributed by atoms with van der Waals surface area (Å²) in [6.07, 6.45) is 0.606. The van der Waals surface area contributed by atoms with Gasteiger partial charge in [-0.1, -0.05) is 6.92 Å². The van der Waals surface area contributed by atoms with E-state index in [-0.39, 0.29) is 24.0 Å². The standard InChI is InChI=1S/C19H21N5O4/c1-4-13-10-17(25)22-19(20-13)24-16(9-12(2)23-24)21-18(26)11-28-15-7-5-14(27-3)6-8-15/h5-10H,4,11H2,1-3H3,(H,21,26)(H,20,22,25). The maximum Gasteiger partial charge on any atom is 0.263 e. The molecule has 0 aliphatic rings. The van der Waals surface area contributed by atoms with Crippen molar-refractivity contribution in [2.45, 2.75) is 20.3 Å². The van der Waals surface area contributed by atoms with Gasteiger partial charge in [0.05, 0.1) is 12.8 Å². The summed E-state index contributed by atoms with van der Waals surface area (Å²) in [5, 5.41) is 7.03. The van der Waals surface area contributed by atoms with E-state index >= 15 is 0 Å². The molecule has 3 aromatic rings. The lowest BCUT2D eigenvalue weighted by atomic mass is 10.3. The Morgan fingerprint density at radius 1 is 1.21 bits per heavy atom. The van der Waals surface area contributed by atoms with Crippen LogP contribution in [0.1, 0.15) is 18.3 Å². The van der Waals surface area contributed by atoms with Crippen molar-refractivity contribution in [3.63, 3.8) is 0 Å². The number of anilines is 1. The minimum absolute atomic E-state index is 0.185. The van der Waals surface area contributed by atoms with Gasteiger partial charge in [-0.15, -0.1) is 0 Å². The number of ether oxygens (including phenoxy) is 2. The number of aromatic amines is 1. The summed E-state index contributed by atoms with van der Waals surface area (Å²) in [6.45, 7) is 3.50. The van der Waals surface area contributed by atoms with Crippen LogP contribution in [0, 0.1) is 6.92 Å². The Labute approximate surface area is 161 Å². The molecular formula is C19H21N5O4. The fourth-order valence-corrected chi connectivity index (χ4v) is 2.53. The Morgan fingerprint density at radius 3 is 2.61 bits per heavy atom. The van der Waals surface area contributed by atoms with Gasteiger partial charge in [-0.2, -0.15) is 9.78 Å². The number of carbonyl (C=O) groups is 1. The van der Waals surface area contributed by atoms with Crippen LogP contribution in [0.4, 0.5) is 5.82 Å². The van der Waals surface area contributed by atoms with E-state index < -0.39 is 0 Å². The lowest BCUT2D eigenvalue weighted by molar-refractivity contribution is -0.118. The van der Waals surface area contributed by atoms with Gasteiger partial charge in [0.25, 0.3) is 11.5 Å². The molecule has 0 fully saturated rings. The van der Waals surface area contributed by atoms with Crippen molar-refractivity contribution in [1.82, 2.24) is 19.7 Å². The lowest BCUT2D eigenvalue weighted by Crippen LogP contribution is -2.23. The van der Waals surface area contributed by atoms with E-state index in [2.05, 4.69) is 20.4 Å². The van der Waals surface area contributed by atoms with E-state index in [0.717, 1.165) is 0 Å². The number of aromatic nitrogens is 4. The quantitative estimate of drug-likeness (QED) is 0.644. The highest BCUT2D eigenvalue weighted by Gasteiger charge is 2.14. The minimum Gasteiger partial charge on any atom is -0.497 e. The van der Waals surface area contributed by atoms with Crippen molar-refractivity contribution in [3.8, 4) is 17.4 Å². The Balaban J connectivity index is 1.73. The second-order valence-corrected chi connectivity index (χ2v) is 6.01. The van der Waals surface area contributed by atoms with E-state index in [4.69, 9.17) is 9.47 Å². The highest BCUT2D eigenvalue weighted by Crippen LogP contribution is 2.17. The molecule has 2 aromatic heterocycles. The maximum absolute atomic E-state index is 12.3. The largest absolute Gasteiger partial charge is 0.497 e. The lowest BCUT2D eigenvalue weighted by Gasteiger charge is -2.10. The number of hydrogen-bond donors (Lipinski definition) is 2. The molecule has 0 aliphatic carbocycles. The van der Waals surface area contributed by atoms with Gasteiger partial charge in [0.15, 0.2) is 6.61 Å². The molecule has 0 bridgehead atoms. The number of methoxy groups -OCH3 is 1. The van der Waals surface area contributed by atoms with Gasteiger partial charge in [0.1, 0.15) is 17.3 Å². The van der Waals surface area contributed by atoms with E-state index in [0.29, 0.717) is 35.1 Å². The number of nitrogens with zero attached hydrogens (tertiary/aromatic N) is 3. The molecule has 3 rings (SSSR count). The molecule has 2 N–H and O–H groups in total. The minimum atomic E-state index is -0.369. The first kappa shape index (κ1) is 19.2. The molecule has 9 heteroatoms. The predicted octanol–water partition coefficient (Wildman–Crippen LogP) is 1.85. The van der Waals surface area contributed by atoms with Crippen LogP contribution in [0.25, 0.3) is 5.95 Å². The Morgan fingerprint density at radius 2 is 1.93 bits per heavy atom. The highest BCUT2D eigenvalue weighted by atomic mass is 16.5. The Hall–Kier alpha value is -3.62. The molecule has 0 saturated carbocycles. The zero-order valence-electron chi connectivity index (χ0n) is 15.9. The van der Waals surface area contributed by atoms with E-state index in [1.165, 1.54) is 10.7 Å². The van der Waals surface area contributed by atoms with Gasteiger partial charge in [-0.3, -0.25) is 14.6 Å². The van der Waals surface area contributed by atoms with Crippen molar-refractivity contribution >= 4 is 11.7 Å². The number of rotatable bonds is 7. The molecule has 0 radical (unpaired) electrons. The first-order chi connectivity index (χ1) is 13.5. The highest BCUT2D eigenvalue weighted by molar-refractivity contribution is 5.91. The molecule has 0 unspecified atom stereocenters. The number of amides is 1. The number of nitrogens with one attached hydrogen (secondary N) is 2. The molecule has 0 aliphatic heterocycles. The van der Waals surface area contributed by atoms with Crippen LogP contribution in [0.2, 0.25) is 0 Å². The van der Waals surface area contributed by atoms with Crippen molar-refractivity contribution in [2.24, 2.45) is 0 Å². The number of aryl methyl sites for hydroxylation is 2. The molecule has 146 valence electrons. The van der Waals surface area contributed by atoms with Crippen LogP contribution in [0.3, 0.4) is 0 Å². The Bertz CT molecular complexity index is 1020. The predicted molar refractivity (Wildman–Crippen MR) is 103 cm³/mol. The summed E-state index contributed by atoms with van der Waals surface area (Å²) in [4.78, 5) is 31.1. The molecule has 0 spiro atoms. The van der Waals surface area contributed by atoms with Gasteiger partial charge in [-0.05, 0) is 37.6 Å². The monoisotopic (exact) mass is 383 g/mol. The number of H-pyrrole nitrogens is 1. The van der Waals surface area contributed by atoms with Gasteiger partial charge in [0.2, 0.25) is 5.95 Å². The number of hydrogen-bond acceptors (Lipinski definition) is 6. The zero-order chi connectivity index (χ0) is 20.1. The molecule has 0 atom stereocenters. The summed E-state index contributed by atoms with van der Waals surface area (Å²) in [5.74, 6) is 1.50. The van der Waals surface area contributed by atoms with Crippen LogP contribution in [-0.4, -0.2) is 39.4 Å². The van der Waals surface area contributed by atoms with Crippen LogP contribution >= 0.6 is 0 Å². The third-order valence-corrected chi connectivity index (χ3v) is 3.87. The van der Waals surface area contributed by atoms with Crippen LogP contribution in [0.15, 0.2) is 41.2 Å². The first-order valence-electron chi connectivity index (χ1n) is 8.72. The van der Waals surface area contributed by atoms with Gasteiger partial charge < -0.3 is 14.8 Å². The SMILES string of the molecule is CCc1cc(=O)[nH]c(-n2nc(C)cc2NC(=O)COc2ccc(OC)cc2)n1. The normalized spacial score (nSPS) is 10.5. The number of benzene rings is 1. The maximum atomic E-state index is 12.3. The van der Waals surface area contributed by atoms with Gasteiger partial charge in [-0.25, -0.2) is 4.98 Å². The van der Waals surface area contributed by atoms with Crippen LogP contribution in [-0.2, 0) is 11.2 Å². The topological polar surface area (TPSA) is 111 Å². The fourth-order valence-electron chi connectivity index (χ4n) is 2.53. The fraction of sp³-hybridized carbons (Fsp3) is 0.263. The summed E-state index contributed by atoms with van der Waals surface area (Å²) < 4.78 is 11.9. The van der Waals surface area contributed by atoms with E-state index in [9.17, 15) is 9.59 Å². The molecule has 28 heavy (non-hydrogen) atoms. The average molecular weight is 383 g/mol. The van der Waals surface area contributed by atoms with Gasteiger partial charge in [0, 0.05) is 17.8 Å². The average Bonchev–Trinajstić information content (AvgIpc) is 3.06. The molecule has 1 aromatic carbocycles. The molecule has 2 heterocycles. The second-order valence-electron chi connectivity index (χ2n) is 6.01. The van der Waals surface area contributed by atoms with E-state index in [1.54, 1.807) is 44.4 Å². The summed E-state index contributed by atoms with van der Waals surface area (Å²) >= 11 is 0. The van der Waals surface area contributed by atoms with Gasteiger partial charge >= 0.3 is 0 Å². The first-order valence-corrected chi connectivity index (χ1v) is 8.72. The molecule has 9 nitrogen and oxygen atoms in total. The van der Waals surface area contributed by atoms with Crippen molar-refractivity contribution in [1.29, 1.82) is 0 Å². The zero-order valence-corrected chi connectivity index (χ0v) is 15.9. The van der Waals surface area contributed by atoms with Crippen molar-refractivity contribution < 1.29 is 14.3 Å². The summed E-state index contributed by atoms with van der Waals surface area (Å²) in [7, 11) is 1.58. The molecular weight excluding hydrogens is 362 g/mol. The molecule has 1 amide bonds. The summed E-state index contributed by atoms with van der Waals surface area (Å²) in [5.41, 5.74) is 1.01. The third kappa shape index (κ3) is 4.56. The number of carbonyl (C=O) groups excluding carboxylic acids is 1. The van der Waals surface area contributed by atoms with Crippen LogP contribution in [0.5, 0.6) is 11.5 Å². The van der Waals surface area contributed by atoms with E-state index in [1.807, 2.05) is 6.92 Å². The third-order valence-electron chi connectivity index (χ3n) is 3.87. The van der Waals surface area contributed by atoms with Crippen LogP contribution < -0.4 is 20.3 Å². The second kappa shape index (κ2) is 8.38. The molecule has 0 saturated heterocycles. The summed E-state index contributed by atoms with van der Waals surface area (Å²) in [6, 6.07) is 10.0. The van der Waals surface area contributed by atoms with Crippen molar-refractivity contribution in [2.75, 3.05) is 19.0 Å². The smallest absolute Gasteiger partial charge is 0.263 e. The Kier molecular flexibility index (Phi) is 5.73.